The number of ether oxygens (including phenoxy) is 1. The van der Waals surface area contributed by atoms with Crippen LogP contribution in [-0.2, 0) is 22.1 Å². The number of methoxy groups -OCH3 is 1. The zero-order valence-electron chi connectivity index (χ0n) is 14.0. The molecule has 2 rings (SSSR count). The second-order valence-corrected chi connectivity index (χ2v) is 7.92. The molecule has 128 valence electrons. The largest absolute Gasteiger partial charge is 0.497 e. The van der Waals surface area contributed by atoms with E-state index in [2.05, 4.69) is 0 Å². The molecule has 0 saturated heterocycles. The van der Waals surface area contributed by atoms with E-state index in [0.717, 1.165) is 11.3 Å². The molecule has 0 saturated carbocycles. The van der Waals surface area contributed by atoms with Crippen molar-refractivity contribution in [3.63, 3.8) is 0 Å². The predicted octanol–water partition coefficient (Wildman–Crippen LogP) is 2.51. The van der Waals surface area contributed by atoms with Crippen LogP contribution in [0, 0.1) is 0 Å². The van der Waals surface area contributed by atoms with Crippen molar-refractivity contribution < 1.29 is 17.9 Å². The van der Waals surface area contributed by atoms with E-state index < -0.39 is 9.84 Å². The Morgan fingerprint density at radius 3 is 2.33 bits per heavy atom. The lowest BCUT2D eigenvalue weighted by Gasteiger charge is -2.18. The Bertz CT molecular complexity index is 813. The molecule has 24 heavy (non-hydrogen) atoms. The summed E-state index contributed by atoms with van der Waals surface area (Å²) in [7, 11) is 0.192. The van der Waals surface area contributed by atoms with Gasteiger partial charge in [0.15, 0.2) is 9.84 Å². The molecule has 0 bridgehead atoms. The molecule has 2 aromatic carbocycles. The molecule has 0 aliphatic rings. The Morgan fingerprint density at radius 2 is 1.75 bits per heavy atom. The van der Waals surface area contributed by atoms with Crippen molar-refractivity contribution in [2.24, 2.45) is 0 Å². The third-order valence-electron chi connectivity index (χ3n) is 3.53. The standard InChI is InChI=1S/C18H21NO4S/c1-19(12-14-7-9-17(23-2)10-8-14)18(20)16-6-4-5-15(11-16)13-24(3,21)22/h4-11H,12-13H2,1-3H3. The van der Waals surface area contributed by atoms with Crippen LogP contribution >= 0.6 is 0 Å². The molecule has 0 N–H and O–H groups in total. The average Bonchev–Trinajstić information content (AvgIpc) is 2.53. The Kier molecular flexibility index (Phi) is 5.62. The van der Waals surface area contributed by atoms with E-state index in [1.165, 1.54) is 6.26 Å². The molecular formula is C18H21NO4S. The van der Waals surface area contributed by atoms with Gasteiger partial charge in [-0.05, 0) is 35.4 Å². The molecule has 0 aromatic heterocycles. The first kappa shape index (κ1) is 18.0. The predicted molar refractivity (Wildman–Crippen MR) is 93.8 cm³/mol. The molecule has 0 aliphatic heterocycles. The van der Waals surface area contributed by atoms with Gasteiger partial charge in [0.2, 0.25) is 0 Å². The molecule has 0 atom stereocenters. The lowest BCUT2D eigenvalue weighted by Crippen LogP contribution is -2.26. The van der Waals surface area contributed by atoms with Gasteiger partial charge in [-0.3, -0.25) is 4.79 Å². The van der Waals surface area contributed by atoms with Gasteiger partial charge < -0.3 is 9.64 Å². The van der Waals surface area contributed by atoms with E-state index in [-0.39, 0.29) is 11.7 Å². The van der Waals surface area contributed by atoms with Crippen molar-refractivity contribution in [2.75, 3.05) is 20.4 Å². The first-order valence-corrected chi connectivity index (χ1v) is 9.49. The molecule has 0 fully saturated rings. The highest BCUT2D eigenvalue weighted by Crippen LogP contribution is 2.15. The number of sulfone groups is 1. The molecule has 0 spiro atoms. The molecule has 2 aromatic rings. The molecule has 6 heteroatoms. The Hall–Kier alpha value is -2.34. The molecule has 0 unspecified atom stereocenters. The van der Waals surface area contributed by atoms with Crippen molar-refractivity contribution in [1.82, 2.24) is 4.90 Å². The number of hydrogen-bond donors (Lipinski definition) is 0. The summed E-state index contributed by atoms with van der Waals surface area (Å²) in [6, 6.07) is 14.2. The van der Waals surface area contributed by atoms with Gasteiger partial charge in [-0.15, -0.1) is 0 Å². The summed E-state index contributed by atoms with van der Waals surface area (Å²) in [5, 5.41) is 0. The number of carbonyl (C=O) groups excluding carboxylic acids is 1. The van der Waals surface area contributed by atoms with Crippen molar-refractivity contribution in [3.8, 4) is 5.75 Å². The summed E-state index contributed by atoms with van der Waals surface area (Å²) < 4.78 is 27.9. The van der Waals surface area contributed by atoms with Crippen LogP contribution in [0.4, 0.5) is 0 Å². The van der Waals surface area contributed by atoms with E-state index in [1.807, 2.05) is 24.3 Å². The van der Waals surface area contributed by atoms with Crippen molar-refractivity contribution in [3.05, 3.63) is 65.2 Å². The van der Waals surface area contributed by atoms with E-state index >= 15 is 0 Å². The third-order valence-corrected chi connectivity index (χ3v) is 4.39. The second-order valence-electron chi connectivity index (χ2n) is 5.78. The van der Waals surface area contributed by atoms with E-state index in [0.29, 0.717) is 17.7 Å². The normalized spacial score (nSPS) is 11.1. The monoisotopic (exact) mass is 347 g/mol. The lowest BCUT2D eigenvalue weighted by molar-refractivity contribution is 0.0785. The fraction of sp³-hybridized carbons (Fsp3) is 0.278. The van der Waals surface area contributed by atoms with Gasteiger partial charge in [-0.25, -0.2) is 8.42 Å². The Morgan fingerprint density at radius 1 is 1.08 bits per heavy atom. The zero-order valence-corrected chi connectivity index (χ0v) is 14.8. The fourth-order valence-electron chi connectivity index (χ4n) is 2.39. The van der Waals surface area contributed by atoms with E-state index in [1.54, 1.807) is 43.3 Å². The summed E-state index contributed by atoms with van der Waals surface area (Å²) >= 11 is 0. The number of carbonyl (C=O) groups is 1. The van der Waals surface area contributed by atoms with E-state index in [4.69, 9.17) is 4.74 Å². The number of hydrogen-bond acceptors (Lipinski definition) is 4. The highest BCUT2D eigenvalue weighted by molar-refractivity contribution is 7.89. The Labute approximate surface area is 142 Å². The van der Waals surface area contributed by atoms with Gasteiger partial charge in [0.05, 0.1) is 12.9 Å². The Balaban J connectivity index is 2.10. The van der Waals surface area contributed by atoms with Crippen LogP contribution in [0.15, 0.2) is 48.5 Å². The van der Waals surface area contributed by atoms with Gasteiger partial charge in [0, 0.05) is 25.4 Å². The van der Waals surface area contributed by atoms with Crippen LogP contribution in [0.3, 0.4) is 0 Å². The number of nitrogens with zero attached hydrogens (tertiary/aromatic N) is 1. The summed E-state index contributed by atoms with van der Waals surface area (Å²) in [6.07, 6.45) is 1.18. The third kappa shape index (κ3) is 5.09. The van der Waals surface area contributed by atoms with Gasteiger partial charge >= 0.3 is 0 Å². The topological polar surface area (TPSA) is 63.7 Å². The zero-order chi connectivity index (χ0) is 17.7. The minimum absolute atomic E-state index is 0.0731. The molecular weight excluding hydrogens is 326 g/mol. The minimum Gasteiger partial charge on any atom is -0.497 e. The van der Waals surface area contributed by atoms with Gasteiger partial charge in [0.25, 0.3) is 5.91 Å². The summed E-state index contributed by atoms with van der Waals surface area (Å²) in [6.45, 7) is 0.457. The van der Waals surface area contributed by atoms with Crippen LogP contribution in [0.1, 0.15) is 21.5 Å². The first-order valence-electron chi connectivity index (χ1n) is 7.43. The summed E-state index contributed by atoms with van der Waals surface area (Å²) in [4.78, 5) is 14.1. The fourth-order valence-corrected chi connectivity index (χ4v) is 3.18. The minimum atomic E-state index is -3.13. The average molecular weight is 347 g/mol. The first-order chi connectivity index (χ1) is 11.3. The van der Waals surface area contributed by atoms with Crippen LogP contribution in [0.25, 0.3) is 0 Å². The summed E-state index contributed by atoms with van der Waals surface area (Å²) in [5.74, 6) is 0.540. The smallest absolute Gasteiger partial charge is 0.253 e. The van der Waals surface area contributed by atoms with Crippen LogP contribution < -0.4 is 4.74 Å². The molecule has 0 aliphatic carbocycles. The summed E-state index contributed by atoms with van der Waals surface area (Å²) in [5.41, 5.74) is 2.08. The van der Waals surface area contributed by atoms with E-state index in [9.17, 15) is 13.2 Å². The molecule has 0 heterocycles. The molecule has 0 radical (unpaired) electrons. The van der Waals surface area contributed by atoms with Crippen LogP contribution in [0.2, 0.25) is 0 Å². The maximum Gasteiger partial charge on any atom is 0.253 e. The van der Waals surface area contributed by atoms with Gasteiger partial charge in [-0.1, -0.05) is 24.3 Å². The second kappa shape index (κ2) is 7.49. The number of amides is 1. The van der Waals surface area contributed by atoms with Crippen molar-refractivity contribution in [2.45, 2.75) is 12.3 Å². The van der Waals surface area contributed by atoms with Crippen LogP contribution in [0.5, 0.6) is 5.75 Å². The van der Waals surface area contributed by atoms with Gasteiger partial charge in [0.1, 0.15) is 5.75 Å². The SMILES string of the molecule is COc1ccc(CN(C)C(=O)c2cccc(CS(C)(=O)=O)c2)cc1. The quantitative estimate of drug-likeness (QED) is 0.805. The number of rotatable bonds is 6. The maximum atomic E-state index is 12.5. The highest BCUT2D eigenvalue weighted by atomic mass is 32.2. The number of benzene rings is 2. The lowest BCUT2D eigenvalue weighted by atomic mass is 10.1. The van der Waals surface area contributed by atoms with Crippen molar-refractivity contribution >= 4 is 15.7 Å². The maximum absolute atomic E-state index is 12.5. The van der Waals surface area contributed by atoms with Crippen LogP contribution in [-0.4, -0.2) is 39.6 Å². The van der Waals surface area contributed by atoms with Crippen molar-refractivity contribution in [1.29, 1.82) is 0 Å². The molecule has 5 nitrogen and oxygen atoms in total. The molecule has 1 amide bonds. The van der Waals surface area contributed by atoms with Gasteiger partial charge in [-0.2, -0.15) is 0 Å². The highest BCUT2D eigenvalue weighted by Gasteiger charge is 2.14.